The van der Waals surface area contributed by atoms with Crippen LogP contribution in [-0.4, -0.2) is 25.4 Å². The molecule has 11 aromatic rings. The summed E-state index contributed by atoms with van der Waals surface area (Å²) in [6.07, 6.45) is 2.17. The van der Waals surface area contributed by atoms with E-state index >= 15 is 0 Å². The number of anilines is 1. The molecule has 0 spiro atoms. The number of hydrogen-bond acceptors (Lipinski definition) is 1. The van der Waals surface area contributed by atoms with Crippen molar-refractivity contribution in [2.45, 2.75) is 0 Å². The largest absolute Gasteiger partial charge is 0.340 e. The molecule has 0 aliphatic heterocycles. The minimum Gasteiger partial charge on any atom is -0.340 e. The number of nitrogens with one attached hydrogen (secondary N) is 2. The van der Waals surface area contributed by atoms with Crippen LogP contribution < -0.4 is 5.32 Å². The zero-order chi connectivity index (χ0) is 38.6. The van der Waals surface area contributed by atoms with Gasteiger partial charge in [0.15, 0.2) is 5.84 Å². The molecule has 6 nitrogen and oxygen atoms in total. The predicted molar refractivity (Wildman–Crippen MR) is 242 cm³/mol. The summed E-state index contributed by atoms with van der Waals surface area (Å²) in [6.45, 7) is 0. The van der Waals surface area contributed by atoms with Gasteiger partial charge in [0.1, 0.15) is 5.84 Å². The van der Waals surface area contributed by atoms with E-state index in [9.17, 15) is 0 Å². The Hall–Kier alpha value is -7.96. The molecule has 3 aromatic heterocycles. The standard InChI is InChI=1S/C52H36N6/c53-51(35-15-5-1-6-16-35)55-52(36-17-7-2-8-18-36)54-38-25-27-41(28-26-38)57-46-24-14-13-23-42(46)44-32-45-43-31-37-29-30-56(39-19-9-3-10-20-39)47(37)33-48(43)58(50(45)34-49(44)57)40-21-11-4-12-22-40/h1-34H,(H2,53,54,55). The maximum Gasteiger partial charge on any atom is 0.154 e. The lowest BCUT2D eigenvalue weighted by Gasteiger charge is -2.13. The average Bonchev–Trinajstić information content (AvgIpc) is 3.95. The van der Waals surface area contributed by atoms with E-state index in [-0.39, 0.29) is 5.84 Å². The second-order valence-electron chi connectivity index (χ2n) is 14.6. The summed E-state index contributed by atoms with van der Waals surface area (Å²) in [5, 5.41) is 18.3. The van der Waals surface area contributed by atoms with Gasteiger partial charge >= 0.3 is 0 Å². The third-order valence-corrected chi connectivity index (χ3v) is 11.1. The first-order valence-electron chi connectivity index (χ1n) is 19.5. The Morgan fingerprint density at radius 1 is 0.414 bits per heavy atom. The van der Waals surface area contributed by atoms with Crippen molar-refractivity contribution in [3.05, 3.63) is 218 Å². The lowest BCUT2D eigenvalue weighted by molar-refractivity contribution is 1.12. The lowest BCUT2D eigenvalue weighted by Crippen LogP contribution is -2.16. The zero-order valence-corrected chi connectivity index (χ0v) is 31.4. The molecule has 11 rings (SSSR count). The van der Waals surface area contributed by atoms with Gasteiger partial charge in [0.2, 0.25) is 0 Å². The fraction of sp³-hybridized carbons (Fsp3) is 0. The van der Waals surface area contributed by atoms with Crippen molar-refractivity contribution in [2.24, 2.45) is 4.99 Å². The number of fused-ring (bicyclic) bond motifs is 7. The quantitative estimate of drug-likeness (QED) is 0.129. The van der Waals surface area contributed by atoms with Crippen molar-refractivity contribution in [1.29, 1.82) is 5.41 Å². The molecule has 0 saturated heterocycles. The van der Waals surface area contributed by atoms with E-state index in [2.05, 4.69) is 165 Å². The summed E-state index contributed by atoms with van der Waals surface area (Å²) in [5.74, 6) is 0.811. The highest BCUT2D eigenvalue weighted by Gasteiger charge is 2.20. The molecule has 0 fully saturated rings. The molecule has 0 atom stereocenters. The first-order chi connectivity index (χ1) is 28.7. The summed E-state index contributed by atoms with van der Waals surface area (Å²) < 4.78 is 7.07. The van der Waals surface area contributed by atoms with Crippen LogP contribution in [0.1, 0.15) is 11.1 Å². The van der Waals surface area contributed by atoms with Crippen LogP contribution in [0.3, 0.4) is 0 Å². The van der Waals surface area contributed by atoms with Crippen molar-refractivity contribution >= 4 is 71.9 Å². The van der Waals surface area contributed by atoms with Gasteiger partial charge in [-0.2, -0.15) is 0 Å². The lowest BCUT2D eigenvalue weighted by atomic mass is 10.1. The molecule has 0 amide bonds. The SMILES string of the molecule is N=C(N=C(Nc1ccc(-n2c3ccccc3c3cc4c5cc6ccn(-c7ccccc7)c6cc5n(-c5ccccc5)c4cc32)cc1)c1ccccc1)c1ccccc1. The highest BCUT2D eigenvalue weighted by Crippen LogP contribution is 2.41. The summed E-state index contributed by atoms with van der Waals surface area (Å²) in [7, 11) is 0. The minimum atomic E-state index is 0.197. The Balaban J connectivity index is 1.07. The van der Waals surface area contributed by atoms with Crippen LogP contribution in [-0.2, 0) is 0 Å². The van der Waals surface area contributed by atoms with Gasteiger partial charge in [-0.3, -0.25) is 5.41 Å². The van der Waals surface area contributed by atoms with Crippen LogP contribution in [0, 0.1) is 5.41 Å². The average molecular weight is 745 g/mol. The van der Waals surface area contributed by atoms with Gasteiger partial charge in [-0.25, -0.2) is 4.99 Å². The Bertz CT molecular complexity index is 3340. The molecular formula is C52H36N6. The second-order valence-corrected chi connectivity index (χ2v) is 14.6. The van der Waals surface area contributed by atoms with Crippen molar-refractivity contribution in [1.82, 2.24) is 13.7 Å². The molecule has 6 heteroatoms. The van der Waals surface area contributed by atoms with Gasteiger partial charge in [-0.1, -0.05) is 115 Å². The van der Waals surface area contributed by atoms with Crippen LogP contribution in [0.4, 0.5) is 5.69 Å². The predicted octanol–water partition coefficient (Wildman–Crippen LogP) is 12.7. The monoisotopic (exact) mass is 744 g/mol. The van der Waals surface area contributed by atoms with E-state index in [0.29, 0.717) is 5.84 Å². The molecule has 0 bridgehead atoms. The van der Waals surface area contributed by atoms with Gasteiger partial charge in [-0.15, -0.1) is 0 Å². The van der Waals surface area contributed by atoms with E-state index in [1.165, 1.54) is 38.0 Å². The molecule has 0 aliphatic carbocycles. The Labute approximate surface area is 334 Å². The van der Waals surface area contributed by atoms with E-state index in [4.69, 9.17) is 10.4 Å². The minimum absolute atomic E-state index is 0.197. The molecule has 0 saturated carbocycles. The van der Waals surface area contributed by atoms with Crippen LogP contribution >= 0.6 is 0 Å². The topological polar surface area (TPSA) is 63.0 Å². The van der Waals surface area contributed by atoms with E-state index in [1.807, 2.05) is 60.7 Å². The van der Waals surface area contributed by atoms with E-state index < -0.39 is 0 Å². The maximum atomic E-state index is 8.76. The molecule has 0 unspecified atom stereocenters. The Morgan fingerprint density at radius 3 is 1.62 bits per heavy atom. The van der Waals surface area contributed by atoms with E-state index in [1.54, 1.807) is 0 Å². The third kappa shape index (κ3) is 5.58. The smallest absolute Gasteiger partial charge is 0.154 e. The molecule has 274 valence electrons. The molecule has 2 N–H and O–H groups in total. The normalized spacial score (nSPS) is 12.0. The number of aromatic nitrogens is 3. The highest BCUT2D eigenvalue weighted by molar-refractivity contribution is 6.21. The summed E-state index contributed by atoms with van der Waals surface area (Å²) >= 11 is 0. The number of amidine groups is 2. The van der Waals surface area contributed by atoms with Crippen LogP contribution in [0.15, 0.2) is 211 Å². The molecule has 8 aromatic carbocycles. The van der Waals surface area contributed by atoms with Gasteiger partial charge in [-0.05, 0) is 84.9 Å². The number of para-hydroxylation sites is 3. The van der Waals surface area contributed by atoms with Gasteiger partial charge in [0.25, 0.3) is 0 Å². The number of nitrogens with zero attached hydrogens (tertiary/aromatic N) is 4. The van der Waals surface area contributed by atoms with Crippen LogP contribution in [0.5, 0.6) is 0 Å². The maximum absolute atomic E-state index is 8.76. The zero-order valence-electron chi connectivity index (χ0n) is 31.4. The Morgan fingerprint density at radius 2 is 0.931 bits per heavy atom. The van der Waals surface area contributed by atoms with Crippen molar-refractivity contribution in [3.63, 3.8) is 0 Å². The summed E-state index contributed by atoms with van der Waals surface area (Å²) in [6, 6.07) is 69.7. The number of hydrogen-bond donors (Lipinski definition) is 2. The third-order valence-electron chi connectivity index (χ3n) is 11.1. The van der Waals surface area contributed by atoms with Crippen molar-refractivity contribution in [2.75, 3.05) is 5.32 Å². The first kappa shape index (κ1) is 33.4. The fourth-order valence-electron chi connectivity index (χ4n) is 8.42. The molecule has 0 radical (unpaired) electrons. The molecule has 58 heavy (non-hydrogen) atoms. The second kappa shape index (κ2) is 13.7. The van der Waals surface area contributed by atoms with Gasteiger partial charge in [0.05, 0.1) is 27.6 Å². The van der Waals surface area contributed by atoms with Crippen LogP contribution in [0.25, 0.3) is 71.6 Å². The number of aliphatic imine (C=N–C) groups is 1. The number of benzene rings is 8. The van der Waals surface area contributed by atoms with Crippen molar-refractivity contribution < 1.29 is 0 Å². The van der Waals surface area contributed by atoms with Gasteiger partial charge in [0, 0.05) is 67.0 Å². The number of rotatable bonds is 6. The van der Waals surface area contributed by atoms with E-state index in [0.717, 1.165) is 50.4 Å². The molecule has 3 heterocycles. The molecule has 0 aliphatic rings. The fourth-order valence-corrected chi connectivity index (χ4v) is 8.42. The van der Waals surface area contributed by atoms with Crippen molar-refractivity contribution in [3.8, 4) is 17.1 Å². The molecular weight excluding hydrogens is 709 g/mol. The van der Waals surface area contributed by atoms with Gasteiger partial charge < -0.3 is 19.0 Å². The first-order valence-corrected chi connectivity index (χ1v) is 19.5. The highest BCUT2D eigenvalue weighted by atomic mass is 15.0. The van der Waals surface area contributed by atoms with Crippen LogP contribution in [0.2, 0.25) is 0 Å². The Kier molecular flexibility index (Phi) is 7.86. The summed E-state index contributed by atoms with van der Waals surface area (Å²) in [5.41, 5.74) is 11.6. The summed E-state index contributed by atoms with van der Waals surface area (Å²) in [4.78, 5) is 4.76.